The minimum Gasteiger partial charge on any atom is -0.459 e. The second kappa shape index (κ2) is 8.73. The number of esters is 1. The van der Waals surface area contributed by atoms with E-state index in [-0.39, 0.29) is 23.8 Å². The second-order valence-electron chi connectivity index (χ2n) is 9.03. The average Bonchev–Trinajstić information content (AvgIpc) is 3.32. The summed E-state index contributed by atoms with van der Waals surface area (Å²) in [5.41, 5.74) is 4.93. The largest absolute Gasteiger partial charge is 0.459 e. The zero-order valence-corrected chi connectivity index (χ0v) is 18.3. The number of nitrogens with one attached hydrogen (secondary N) is 1. The summed E-state index contributed by atoms with van der Waals surface area (Å²) >= 11 is 0. The predicted octanol–water partition coefficient (Wildman–Crippen LogP) is 4.93. The number of ether oxygens (including phenoxy) is 1. The number of carbonyl (C=O) groups is 2. The Morgan fingerprint density at radius 3 is 2.50 bits per heavy atom. The average molecular weight is 429 g/mol. The topological polar surface area (TPSA) is 68.3 Å². The number of benzene rings is 1. The van der Waals surface area contributed by atoms with Gasteiger partial charge in [0.1, 0.15) is 6.10 Å². The zero-order valence-electron chi connectivity index (χ0n) is 18.3. The van der Waals surface area contributed by atoms with Crippen molar-refractivity contribution in [1.82, 2.24) is 10.3 Å². The van der Waals surface area contributed by atoms with Crippen molar-refractivity contribution in [3.05, 3.63) is 88.5 Å². The van der Waals surface area contributed by atoms with E-state index in [4.69, 9.17) is 4.74 Å². The lowest BCUT2D eigenvalue weighted by atomic mass is 9.72. The molecule has 2 aliphatic carbocycles. The van der Waals surface area contributed by atoms with Crippen molar-refractivity contribution in [1.29, 1.82) is 0 Å². The van der Waals surface area contributed by atoms with Gasteiger partial charge in [-0.1, -0.05) is 36.4 Å². The quantitative estimate of drug-likeness (QED) is 0.700. The first-order valence-electron chi connectivity index (χ1n) is 11.5. The summed E-state index contributed by atoms with van der Waals surface area (Å²) in [5.74, 6) is -0.553. The van der Waals surface area contributed by atoms with E-state index in [0.717, 1.165) is 49.1 Å². The fraction of sp³-hybridized carbons (Fsp3) is 0.370. The van der Waals surface area contributed by atoms with Crippen LogP contribution < -0.4 is 5.32 Å². The molecule has 5 heteroatoms. The number of Topliss-reactive ketones (excluding diaryl/α,β-unsaturated/α-hetero) is 1. The van der Waals surface area contributed by atoms with Gasteiger partial charge >= 0.3 is 5.97 Å². The minimum atomic E-state index is -0.446. The molecule has 1 aromatic carbocycles. The smallest absolute Gasteiger partial charge is 0.337 e. The highest BCUT2D eigenvalue weighted by molar-refractivity contribution is 6.04. The van der Waals surface area contributed by atoms with E-state index in [2.05, 4.69) is 22.4 Å². The summed E-state index contributed by atoms with van der Waals surface area (Å²) in [5, 5.41) is 3.42. The van der Waals surface area contributed by atoms with Gasteiger partial charge in [-0.2, -0.15) is 0 Å². The number of nitrogens with zero attached hydrogens (tertiary/aromatic N) is 1. The Bertz CT molecular complexity index is 1080. The normalized spacial score (nSPS) is 23.7. The highest BCUT2D eigenvalue weighted by atomic mass is 16.5. The van der Waals surface area contributed by atoms with Gasteiger partial charge in [-0.3, -0.25) is 9.78 Å². The number of hydrogen-bond donors (Lipinski definition) is 1. The summed E-state index contributed by atoms with van der Waals surface area (Å²) in [6.45, 7) is 1.91. The molecule has 3 aliphatic rings. The summed E-state index contributed by atoms with van der Waals surface area (Å²) in [6, 6.07) is 14.0. The number of allylic oxidation sites excluding steroid dienone is 3. The van der Waals surface area contributed by atoms with Crippen LogP contribution >= 0.6 is 0 Å². The summed E-state index contributed by atoms with van der Waals surface area (Å²) in [4.78, 5) is 31.1. The summed E-state index contributed by atoms with van der Waals surface area (Å²) < 4.78 is 5.89. The Hall–Kier alpha value is -3.21. The van der Waals surface area contributed by atoms with E-state index in [9.17, 15) is 9.59 Å². The molecule has 5 rings (SSSR count). The lowest BCUT2D eigenvalue weighted by molar-refractivity contribution is -0.144. The molecule has 1 aromatic heterocycles. The van der Waals surface area contributed by atoms with Crippen LogP contribution in [-0.2, 0) is 14.3 Å². The number of carbonyl (C=O) groups excluding carboxylic acids is 2. The summed E-state index contributed by atoms with van der Waals surface area (Å²) in [7, 11) is 0. The van der Waals surface area contributed by atoms with Crippen LogP contribution in [-0.4, -0.2) is 22.8 Å². The lowest BCUT2D eigenvalue weighted by Gasteiger charge is -2.36. The molecule has 1 aliphatic heterocycles. The van der Waals surface area contributed by atoms with Gasteiger partial charge in [0, 0.05) is 41.7 Å². The first-order chi connectivity index (χ1) is 15.6. The number of dihydropyridines is 1. The van der Waals surface area contributed by atoms with Crippen LogP contribution in [0.2, 0.25) is 0 Å². The standard InChI is InChI=1S/C27H28N2O3/c1-17-24(27(31)32-21-11-5-6-12-21)25(19-10-7-13-28-16-19)26-22(29-17)14-20(15-23(26)30)18-8-3-2-4-9-18/h2-4,7-10,13,16,20-21,25,29H,5-6,11-12,14-15H2,1H3/t20-,25+/m1/s1. The van der Waals surface area contributed by atoms with Crippen LogP contribution in [0.1, 0.15) is 68.4 Å². The molecular weight excluding hydrogens is 400 g/mol. The van der Waals surface area contributed by atoms with Crippen LogP contribution in [0.25, 0.3) is 0 Å². The molecule has 0 bridgehead atoms. The van der Waals surface area contributed by atoms with Crippen LogP contribution in [0.15, 0.2) is 77.4 Å². The van der Waals surface area contributed by atoms with E-state index in [1.54, 1.807) is 12.4 Å². The van der Waals surface area contributed by atoms with Gasteiger partial charge in [0.2, 0.25) is 0 Å². The third-order valence-corrected chi connectivity index (χ3v) is 6.91. The molecule has 0 amide bonds. The minimum absolute atomic E-state index is 0.0303. The van der Waals surface area contributed by atoms with Gasteiger partial charge in [-0.25, -0.2) is 4.79 Å². The molecule has 2 heterocycles. The molecule has 0 spiro atoms. The highest BCUT2D eigenvalue weighted by Crippen LogP contribution is 2.45. The predicted molar refractivity (Wildman–Crippen MR) is 122 cm³/mol. The number of aromatic nitrogens is 1. The van der Waals surface area contributed by atoms with Crippen LogP contribution in [0.5, 0.6) is 0 Å². The molecule has 2 aromatic rings. The van der Waals surface area contributed by atoms with Crippen molar-refractivity contribution in [2.24, 2.45) is 0 Å². The molecule has 164 valence electrons. The zero-order chi connectivity index (χ0) is 22.1. The maximum absolute atomic E-state index is 13.5. The van der Waals surface area contributed by atoms with Crippen molar-refractivity contribution in [3.63, 3.8) is 0 Å². The number of rotatable bonds is 4. The van der Waals surface area contributed by atoms with E-state index >= 15 is 0 Å². The molecule has 1 N–H and O–H groups in total. The van der Waals surface area contributed by atoms with Crippen molar-refractivity contribution < 1.29 is 14.3 Å². The molecule has 2 atom stereocenters. The third kappa shape index (κ3) is 3.88. The van der Waals surface area contributed by atoms with Crippen LogP contribution in [0.4, 0.5) is 0 Å². The number of hydrogen-bond acceptors (Lipinski definition) is 5. The van der Waals surface area contributed by atoms with Crippen molar-refractivity contribution in [3.8, 4) is 0 Å². The third-order valence-electron chi connectivity index (χ3n) is 6.91. The Morgan fingerprint density at radius 2 is 1.78 bits per heavy atom. The summed E-state index contributed by atoms with van der Waals surface area (Å²) in [6.07, 6.45) is 8.62. The molecule has 5 nitrogen and oxygen atoms in total. The van der Waals surface area contributed by atoms with Crippen LogP contribution in [0, 0.1) is 0 Å². The first kappa shape index (κ1) is 20.7. The van der Waals surface area contributed by atoms with E-state index in [1.165, 1.54) is 5.56 Å². The Morgan fingerprint density at radius 1 is 1.03 bits per heavy atom. The van der Waals surface area contributed by atoms with Gasteiger partial charge < -0.3 is 10.1 Å². The molecule has 1 fully saturated rings. The van der Waals surface area contributed by atoms with E-state index in [0.29, 0.717) is 17.6 Å². The second-order valence-corrected chi connectivity index (χ2v) is 9.03. The maximum Gasteiger partial charge on any atom is 0.337 e. The van der Waals surface area contributed by atoms with Crippen LogP contribution in [0.3, 0.4) is 0 Å². The van der Waals surface area contributed by atoms with Gasteiger partial charge in [0.15, 0.2) is 5.78 Å². The molecular formula is C27H28N2O3. The molecule has 0 unspecified atom stereocenters. The molecule has 1 saturated carbocycles. The van der Waals surface area contributed by atoms with Crippen molar-refractivity contribution >= 4 is 11.8 Å². The van der Waals surface area contributed by atoms with Gasteiger partial charge in [0.05, 0.1) is 5.57 Å². The molecule has 0 radical (unpaired) electrons. The Labute approximate surface area is 188 Å². The molecule has 0 saturated heterocycles. The highest BCUT2D eigenvalue weighted by Gasteiger charge is 2.42. The maximum atomic E-state index is 13.5. The Kier molecular flexibility index (Phi) is 5.64. The van der Waals surface area contributed by atoms with Gasteiger partial charge in [0.25, 0.3) is 0 Å². The lowest BCUT2D eigenvalue weighted by Crippen LogP contribution is -2.36. The number of pyridine rings is 1. The Balaban J connectivity index is 1.53. The SMILES string of the molecule is CC1=C(C(=O)OC2CCCC2)[C@H](c2cccnc2)C2=C(C[C@@H](c3ccccc3)CC2=O)N1. The molecule has 32 heavy (non-hydrogen) atoms. The van der Waals surface area contributed by atoms with Crippen molar-refractivity contribution in [2.75, 3.05) is 0 Å². The van der Waals surface area contributed by atoms with E-state index < -0.39 is 5.92 Å². The number of ketones is 1. The van der Waals surface area contributed by atoms with Gasteiger partial charge in [-0.05, 0) is 62.1 Å². The fourth-order valence-electron chi connectivity index (χ4n) is 5.37. The monoisotopic (exact) mass is 428 g/mol. The van der Waals surface area contributed by atoms with E-state index in [1.807, 2.05) is 37.3 Å². The first-order valence-corrected chi connectivity index (χ1v) is 11.5. The fourth-order valence-corrected chi connectivity index (χ4v) is 5.37. The van der Waals surface area contributed by atoms with Gasteiger partial charge in [-0.15, -0.1) is 0 Å². The van der Waals surface area contributed by atoms with Crippen molar-refractivity contribution in [2.45, 2.75) is 63.4 Å².